The van der Waals surface area contributed by atoms with Crippen LogP contribution in [0, 0.1) is 0 Å². The Kier molecular flexibility index (Phi) is 5.41. The summed E-state index contributed by atoms with van der Waals surface area (Å²) in [4.78, 5) is 10.8. The lowest BCUT2D eigenvalue weighted by Crippen LogP contribution is -2.35. The van der Waals surface area contributed by atoms with E-state index < -0.39 is 0 Å². The van der Waals surface area contributed by atoms with Gasteiger partial charge in [-0.25, -0.2) is 0 Å². The van der Waals surface area contributed by atoms with Crippen molar-refractivity contribution in [3.63, 3.8) is 0 Å². The Morgan fingerprint density at radius 3 is 2.53 bits per heavy atom. The van der Waals surface area contributed by atoms with E-state index in [9.17, 15) is 9.90 Å². The van der Waals surface area contributed by atoms with Crippen LogP contribution in [0.15, 0.2) is 24.3 Å². The van der Waals surface area contributed by atoms with E-state index in [0.29, 0.717) is 5.02 Å². The molecule has 1 rings (SSSR count). The summed E-state index contributed by atoms with van der Waals surface area (Å²) in [5.74, 6) is -0.363. The van der Waals surface area contributed by atoms with E-state index >= 15 is 0 Å². The predicted octanol–water partition coefficient (Wildman–Crippen LogP) is 1.23. The summed E-state index contributed by atoms with van der Waals surface area (Å²) in [6.07, 6.45) is 0.240. The molecule has 0 spiro atoms. The first-order chi connectivity index (χ1) is 8.02. The van der Waals surface area contributed by atoms with Crippen molar-refractivity contribution in [1.82, 2.24) is 5.32 Å². The Hall–Kier alpha value is -1.10. The SMILES string of the molecule is CC(CC(N)=O)NC(CO)c1ccc(Cl)cc1. The molecular formula is C12H17ClN2O2. The maximum atomic E-state index is 10.8. The highest BCUT2D eigenvalue weighted by molar-refractivity contribution is 6.30. The molecule has 0 aliphatic rings. The number of amides is 1. The highest BCUT2D eigenvalue weighted by Crippen LogP contribution is 2.17. The lowest BCUT2D eigenvalue weighted by atomic mass is 10.1. The quantitative estimate of drug-likeness (QED) is 0.717. The van der Waals surface area contributed by atoms with Gasteiger partial charge in [0.05, 0.1) is 12.6 Å². The molecular weight excluding hydrogens is 240 g/mol. The monoisotopic (exact) mass is 256 g/mol. The van der Waals surface area contributed by atoms with Crippen LogP contribution >= 0.6 is 11.6 Å². The fourth-order valence-electron chi connectivity index (χ4n) is 1.65. The Bertz CT molecular complexity index is 367. The van der Waals surface area contributed by atoms with E-state index in [-0.39, 0.29) is 31.0 Å². The highest BCUT2D eigenvalue weighted by Gasteiger charge is 2.14. The molecule has 1 aromatic rings. The van der Waals surface area contributed by atoms with Crippen LogP contribution in [-0.2, 0) is 4.79 Å². The number of primary amides is 1. The molecule has 0 saturated heterocycles. The molecule has 1 aromatic carbocycles. The standard InChI is InChI=1S/C12H17ClN2O2/c1-8(6-12(14)17)15-11(7-16)9-2-4-10(13)5-3-9/h2-5,8,11,15-16H,6-7H2,1H3,(H2,14,17). The summed E-state index contributed by atoms with van der Waals surface area (Å²) in [7, 11) is 0. The third-order valence-corrected chi connectivity index (χ3v) is 2.70. The fraction of sp³-hybridized carbons (Fsp3) is 0.417. The second-order valence-electron chi connectivity index (χ2n) is 4.02. The topological polar surface area (TPSA) is 75.4 Å². The lowest BCUT2D eigenvalue weighted by molar-refractivity contribution is -0.118. The summed E-state index contributed by atoms with van der Waals surface area (Å²) in [6.45, 7) is 1.80. The van der Waals surface area contributed by atoms with Crippen molar-refractivity contribution < 1.29 is 9.90 Å². The Morgan fingerprint density at radius 2 is 2.06 bits per heavy atom. The molecule has 17 heavy (non-hydrogen) atoms. The highest BCUT2D eigenvalue weighted by atomic mass is 35.5. The van der Waals surface area contributed by atoms with Crippen LogP contribution < -0.4 is 11.1 Å². The zero-order valence-electron chi connectivity index (χ0n) is 9.69. The van der Waals surface area contributed by atoms with E-state index in [1.165, 1.54) is 0 Å². The zero-order valence-corrected chi connectivity index (χ0v) is 10.4. The van der Waals surface area contributed by atoms with Gasteiger partial charge in [-0.3, -0.25) is 4.79 Å². The molecule has 0 bridgehead atoms. The van der Waals surface area contributed by atoms with E-state index in [2.05, 4.69) is 5.32 Å². The molecule has 0 aliphatic carbocycles. The van der Waals surface area contributed by atoms with Gasteiger partial charge in [0.15, 0.2) is 0 Å². The summed E-state index contributed by atoms with van der Waals surface area (Å²) in [5, 5.41) is 13.1. The minimum absolute atomic E-state index is 0.0509. The van der Waals surface area contributed by atoms with E-state index in [1.54, 1.807) is 12.1 Å². The van der Waals surface area contributed by atoms with Crippen molar-refractivity contribution in [1.29, 1.82) is 0 Å². The summed E-state index contributed by atoms with van der Waals surface area (Å²) >= 11 is 5.79. The van der Waals surface area contributed by atoms with Gasteiger partial charge in [0.2, 0.25) is 5.91 Å². The van der Waals surface area contributed by atoms with Gasteiger partial charge in [0.25, 0.3) is 0 Å². The Balaban J connectivity index is 2.65. The van der Waals surface area contributed by atoms with Crippen LogP contribution in [0.25, 0.3) is 0 Å². The van der Waals surface area contributed by atoms with Gasteiger partial charge in [0, 0.05) is 17.5 Å². The van der Waals surface area contributed by atoms with Crippen molar-refractivity contribution >= 4 is 17.5 Å². The van der Waals surface area contributed by atoms with E-state index in [0.717, 1.165) is 5.56 Å². The molecule has 4 nitrogen and oxygen atoms in total. The molecule has 1 amide bonds. The molecule has 0 saturated carbocycles. The molecule has 4 N–H and O–H groups in total. The molecule has 0 radical (unpaired) electrons. The molecule has 2 unspecified atom stereocenters. The number of aliphatic hydroxyl groups excluding tert-OH is 1. The van der Waals surface area contributed by atoms with E-state index in [4.69, 9.17) is 17.3 Å². The van der Waals surface area contributed by atoms with Gasteiger partial charge in [0.1, 0.15) is 0 Å². The van der Waals surface area contributed by atoms with Gasteiger partial charge in [-0.15, -0.1) is 0 Å². The predicted molar refractivity (Wildman–Crippen MR) is 67.7 cm³/mol. The Labute approximate surface area is 106 Å². The number of halogens is 1. The number of rotatable bonds is 6. The number of hydrogen-bond donors (Lipinski definition) is 3. The number of carbonyl (C=O) groups excluding carboxylic acids is 1. The van der Waals surface area contributed by atoms with Crippen molar-refractivity contribution in [2.75, 3.05) is 6.61 Å². The first-order valence-corrected chi connectivity index (χ1v) is 5.81. The molecule has 0 aliphatic heterocycles. The lowest BCUT2D eigenvalue weighted by Gasteiger charge is -2.21. The second-order valence-corrected chi connectivity index (χ2v) is 4.46. The second kappa shape index (κ2) is 6.59. The molecule has 0 heterocycles. The first kappa shape index (κ1) is 14.0. The average molecular weight is 257 g/mol. The van der Waals surface area contributed by atoms with Crippen LogP contribution in [0.5, 0.6) is 0 Å². The number of carbonyl (C=O) groups is 1. The minimum atomic E-state index is -0.363. The van der Waals surface area contributed by atoms with Crippen molar-refractivity contribution in [2.45, 2.75) is 25.4 Å². The normalized spacial score (nSPS) is 14.3. The number of nitrogens with two attached hydrogens (primary N) is 1. The molecule has 0 aromatic heterocycles. The van der Waals surface area contributed by atoms with Crippen molar-refractivity contribution in [3.05, 3.63) is 34.9 Å². The average Bonchev–Trinajstić information content (AvgIpc) is 2.26. The van der Waals surface area contributed by atoms with Gasteiger partial charge >= 0.3 is 0 Å². The third-order valence-electron chi connectivity index (χ3n) is 2.45. The number of nitrogens with one attached hydrogen (secondary N) is 1. The van der Waals surface area contributed by atoms with Gasteiger partial charge in [-0.1, -0.05) is 23.7 Å². The van der Waals surface area contributed by atoms with Gasteiger partial charge < -0.3 is 16.2 Å². The summed E-state index contributed by atoms with van der Waals surface area (Å²) in [5.41, 5.74) is 6.03. The van der Waals surface area contributed by atoms with Gasteiger partial charge in [-0.05, 0) is 24.6 Å². The third kappa shape index (κ3) is 4.73. The van der Waals surface area contributed by atoms with Gasteiger partial charge in [-0.2, -0.15) is 0 Å². The van der Waals surface area contributed by atoms with Crippen LogP contribution in [0.2, 0.25) is 5.02 Å². The zero-order chi connectivity index (χ0) is 12.8. The van der Waals surface area contributed by atoms with Crippen molar-refractivity contribution in [3.8, 4) is 0 Å². The van der Waals surface area contributed by atoms with Crippen LogP contribution in [-0.4, -0.2) is 23.7 Å². The smallest absolute Gasteiger partial charge is 0.218 e. The van der Waals surface area contributed by atoms with Crippen LogP contribution in [0.1, 0.15) is 24.9 Å². The Morgan fingerprint density at radius 1 is 1.47 bits per heavy atom. The summed E-state index contributed by atoms with van der Waals surface area (Å²) < 4.78 is 0. The fourth-order valence-corrected chi connectivity index (χ4v) is 1.78. The number of hydrogen-bond acceptors (Lipinski definition) is 3. The molecule has 2 atom stereocenters. The minimum Gasteiger partial charge on any atom is -0.394 e. The number of benzene rings is 1. The van der Waals surface area contributed by atoms with Crippen LogP contribution in [0.4, 0.5) is 0 Å². The van der Waals surface area contributed by atoms with Crippen LogP contribution in [0.3, 0.4) is 0 Å². The van der Waals surface area contributed by atoms with Crippen molar-refractivity contribution in [2.24, 2.45) is 5.73 Å². The molecule has 94 valence electrons. The first-order valence-electron chi connectivity index (χ1n) is 5.43. The maximum Gasteiger partial charge on any atom is 0.218 e. The summed E-state index contributed by atoms with van der Waals surface area (Å²) in [6, 6.07) is 6.90. The molecule has 5 heteroatoms. The molecule has 0 fully saturated rings. The maximum absolute atomic E-state index is 10.8. The largest absolute Gasteiger partial charge is 0.394 e. The van der Waals surface area contributed by atoms with E-state index in [1.807, 2.05) is 19.1 Å². The number of aliphatic hydroxyl groups is 1.